The summed E-state index contributed by atoms with van der Waals surface area (Å²) in [5.74, 6) is -1.23. The van der Waals surface area contributed by atoms with Gasteiger partial charge in [0, 0.05) is 56.0 Å². The summed E-state index contributed by atoms with van der Waals surface area (Å²) in [5.41, 5.74) is -0.604. The van der Waals surface area contributed by atoms with Crippen LogP contribution in [-0.4, -0.2) is 29.0 Å². The molecule has 30 heavy (non-hydrogen) atoms. The monoisotopic (exact) mass is 472 g/mol. The first-order chi connectivity index (χ1) is 14.1. The number of nitrogens with zero attached hydrogens (tertiary/aromatic N) is 4. The third-order valence-corrected chi connectivity index (χ3v) is 5.42. The molecule has 0 aliphatic heterocycles. The van der Waals surface area contributed by atoms with Gasteiger partial charge in [-0.25, -0.2) is 4.79 Å². The largest absolute Gasteiger partial charge is 0.859 e. The number of ketones is 1. The smallest absolute Gasteiger partial charge is 0.329 e. The molecule has 156 valence electrons. The number of rotatable bonds is 5. The van der Waals surface area contributed by atoms with Crippen LogP contribution in [0.5, 0.6) is 5.88 Å². The van der Waals surface area contributed by atoms with E-state index < -0.39 is 29.0 Å². The van der Waals surface area contributed by atoms with E-state index >= 15 is 0 Å². The van der Waals surface area contributed by atoms with Gasteiger partial charge in [0.1, 0.15) is 5.56 Å². The summed E-state index contributed by atoms with van der Waals surface area (Å²) < 4.78 is 3.88. The third-order valence-electron chi connectivity index (χ3n) is 4.92. The van der Waals surface area contributed by atoms with Crippen molar-refractivity contribution in [2.45, 2.75) is 6.04 Å². The molecule has 0 aliphatic carbocycles. The Hall–Kier alpha value is -3.20. The third kappa shape index (κ3) is 3.80. The van der Waals surface area contributed by atoms with Crippen LogP contribution in [0.2, 0.25) is 0 Å². The summed E-state index contributed by atoms with van der Waals surface area (Å²) in [7, 11) is 6.33. The number of aromatic nitrogens is 3. The van der Waals surface area contributed by atoms with Crippen LogP contribution in [0.4, 0.5) is 5.69 Å². The fraction of sp³-hybridized carbons (Fsp3) is 0.238. The quantitative estimate of drug-likeness (QED) is 0.403. The van der Waals surface area contributed by atoms with E-state index in [1.165, 1.54) is 18.7 Å². The lowest BCUT2D eigenvalue weighted by molar-refractivity contribution is -0.699. The lowest BCUT2D eigenvalue weighted by Crippen LogP contribution is -2.50. The second kappa shape index (κ2) is 8.27. The molecular formula is C21H21BrN4O4. The second-order valence-electron chi connectivity index (χ2n) is 7.10. The number of Topliss-reactive ketones (excluding diaryl/α,β-unsaturated/α-hetero) is 1. The molecule has 0 aliphatic rings. The van der Waals surface area contributed by atoms with Crippen LogP contribution in [0.25, 0.3) is 0 Å². The molecule has 0 saturated heterocycles. The summed E-state index contributed by atoms with van der Waals surface area (Å²) >= 11 is 3.34. The Morgan fingerprint density at radius 2 is 1.73 bits per heavy atom. The molecular weight excluding hydrogens is 452 g/mol. The molecule has 8 nitrogen and oxygen atoms in total. The maximum atomic E-state index is 13.5. The van der Waals surface area contributed by atoms with E-state index in [9.17, 15) is 19.5 Å². The van der Waals surface area contributed by atoms with Gasteiger partial charge in [0.2, 0.25) is 5.78 Å². The zero-order valence-electron chi connectivity index (χ0n) is 17.0. The first-order valence-electron chi connectivity index (χ1n) is 9.08. The van der Waals surface area contributed by atoms with Crippen molar-refractivity contribution < 1.29 is 14.5 Å². The predicted octanol–water partition coefficient (Wildman–Crippen LogP) is 0.746. The summed E-state index contributed by atoms with van der Waals surface area (Å²) in [6, 6.07) is 9.04. The number of hydrogen-bond acceptors (Lipinski definition) is 5. The van der Waals surface area contributed by atoms with Crippen molar-refractivity contribution in [2.75, 3.05) is 19.0 Å². The fourth-order valence-corrected chi connectivity index (χ4v) is 3.60. The van der Waals surface area contributed by atoms with Gasteiger partial charge in [-0.1, -0.05) is 28.1 Å². The Balaban J connectivity index is 2.30. The molecule has 1 aromatic carbocycles. The van der Waals surface area contributed by atoms with Crippen LogP contribution in [0.1, 0.15) is 22.0 Å². The standard InChI is InChI=1S/C21H21BrN4O4/c1-23(2)15-8-10-26(11-9-15)17(18(27)13-6-5-7-14(22)12-13)16-19(28)24(3)21(30)25(4)20(16)29/h5-12,17H,1-4H3. The summed E-state index contributed by atoms with van der Waals surface area (Å²) in [4.78, 5) is 40.5. The topological polar surface area (TPSA) is 91.2 Å². The van der Waals surface area contributed by atoms with Gasteiger partial charge in [-0.3, -0.25) is 14.2 Å². The predicted molar refractivity (Wildman–Crippen MR) is 114 cm³/mol. The molecule has 0 N–H and O–H groups in total. The van der Waals surface area contributed by atoms with E-state index in [4.69, 9.17) is 0 Å². The molecule has 1 unspecified atom stereocenters. The maximum Gasteiger partial charge on any atom is 0.329 e. The molecule has 0 spiro atoms. The normalized spacial score (nSPS) is 11.9. The van der Waals surface area contributed by atoms with Crippen molar-refractivity contribution in [1.29, 1.82) is 0 Å². The van der Waals surface area contributed by atoms with Crippen LogP contribution in [-0.2, 0) is 14.1 Å². The van der Waals surface area contributed by atoms with Gasteiger partial charge in [-0.05, 0) is 18.0 Å². The molecule has 2 heterocycles. The van der Waals surface area contributed by atoms with Gasteiger partial charge in [0.25, 0.3) is 11.6 Å². The van der Waals surface area contributed by atoms with Crippen LogP contribution < -0.4 is 25.8 Å². The highest BCUT2D eigenvalue weighted by Crippen LogP contribution is 2.23. The molecule has 2 aromatic heterocycles. The number of halogens is 1. The number of pyridine rings is 1. The molecule has 0 radical (unpaired) electrons. The Labute approximate surface area is 181 Å². The SMILES string of the molecule is CN(C)c1cc[n+](C(C(=O)c2cccc(Br)c2)c2c([O-])n(C)c(=O)n(C)c2=O)cc1. The van der Waals surface area contributed by atoms with E-state index in [0.29, 0.717) is 10.0 Å². The first-order valence-corrected chi connectivity index (χ1v) is 9.87. The molecule has 0 saturated carbocycles. The van der Waals surface area contributed by atoms with Crippen molar-refractivity contribution in [1.82, 2.24) is 9.13 Å². The molecule has 3 rings (SSSR count). The maximum absolute atomic E-state index is 13.5. The van der Waals surface area contributed by atoms with Gasteiger partial charge in [-0.15, -0.1) is 0 Å². The van der Waals surface area contributed by atoms with Crippen molar-refractivity contribution in [2.24, 2.45) is 14.1 Å². The number of hydrogen-bond donors (Lipinski definition) is 0. The minimum absolute atomic E-state index is 0.285. The van der Waals surface area contributed by atoms with Crippen LogP contribution in [0.3, 0.4) is 0 Å². The zero-order chi connectivity index (χ0) is 22.2. The zero-order valence-corrected chi connectivity index (χ0v) is 18.6. The van der Waals surface area contributed by atoms with Gasteiger partial charge >= 0.3 is 5.69 Å². The van der Waals surface area contributed by atoms with Crippen LogP contribution in [0.15, 0.2) is 62.9 Å². The minimum Gasteiger partial charge on any atom is -0.859 e. The highest BCUT2D eigenvalue weighted by Gasteiger charge is 2.35. The highest BCUT2D eigenvalue weighted by molar-refractivity contribution is 9.10. The van der Waals surface area contributed by atoms with Crippen molar-refractivity contribution in [3.8, 4) is 5.88 Å². The Morgan fingerprint density at radius 3 is 2.30 bits per heavy atom. The van der Waals surface area contributed by atoms with E-state index in [1.54, 1.807) is 48.8 Å². The Kier molecular flexibility index (Phi) is 5.93. The second-order valence-corrected chi connectivity index (χ2v) is 8.02. The van der Waals surface area contributed by atoms with Gasteiger partial charge in [-0.2, -0.15) is 4.57 Å². The minimum atomic E-state index is -1.23. The van der Waals surface area contributed by atoms with Gasteiger partial charge in [0.15, 0.2) is 12.4 Å². The Bertz CT molecular complexity index is 1230. The van der Waals surface area contributed by atoms with Crippen molar-refractivity contribution in [3.63, 3.8) is 0 Å². The molecule has 1 atom stereocenters. The van der Waals surface area contributed by atoms with E-state index in [2.05, 4.69) is 15.9 Å². The molecule has 3 aromatic rings. The summed E-state index contributed by atoms with van der Waals surface area (Å²) in [6.07, 6.45) is 3.28. The summed E-state index contributed by atoms with van der Waals surface area (Å²) in [5, 5.41) is 12.9. The van der Waals surface area contributed by atoms with Crippen molar-refractivity contribution >= 4 is 27.4 Å². The van der Waals surface area contributed by atoms with E-state index in [-0.39, 0.29) is 5.56 Å². The number of carbonyl (C=O) groups excluding carboxylic acids is 1. The van der Waals surface area contributed by atoms with Crippen LogP contribution in [0, 0.1) is 0 Å². The molecule has 0 fully saturated rings. The average molecular weight is 473 g/mol. The van der Waals surface area contributed by atoms with E-state index in [1.807, 2.05) is 19.0 Å². The van der Waals surface area contributed by atoms with Crippen molar-refractivity contribution in [3.05, 3.63) is 85.2 Å². The highest BCUT2D eigenvalue weighted by atomic mass is 79.9. The number of carbonyl (C=O) groups is 1. The first kappa shape index (κ1) is 21.5. The summed E-state index contributed by atoms with van der Waals surface area (Å²) in [6.45, 7) is 0. The number of benzene rings is 1. The molecule has 0 amide bonds. The van der Waals surface area contributed by atoms with E-state index in [0.717, 1.165) is 14.8 Å². The lowest BCUT2D eigenvalue weighted by atomic mass is 9.98. The molecule has 9 heteroatoms. The Morgan fingerprint density at radius 1 is 1.10 bits per heavy atom. The number of anilines is 1. The lowest BCUT2D eigenvalue weighted by Gasteiger charge is -2.22. The van der Waals surface area contributed by atoms with Gasteiger partial charge in [0.05, 0.1) is 0 Å². The fourth-order valence-electron chi connectivity index (χ4n) is 3.20. The average Bonchev–Trinajstić information content (AvgIpc) is 2.73. The molecule has 0 bridgehead atoms. The van der Waals surface area contributed by atoms with Gasteiger partial charge < -0.3 is 14.6 Å². The van der Waals surface area contributed by atoms with Crippen LogP contribution >= 0.6 is 15.9 Å².